The van der Waals surface area contributed by atoms with Gasteiger partial charge in [0.1, 0.15) is 5.75 Å². The predicted octanol–water partition coefficient (Wildman–Crippen LogP) is 2.91. The van der Waals surface area contributed by atoms with Crippen LogP contribution in [0.25, 0.3) is 0 Å². The van der Waals surface area contributed by atoms with Crippen molar-refractivity contribution in [1.82, 2.24) is 0 Å². The first kappa shape index (κ1) is 16.5. The molecule has 21 heavy (non-hydrogen) atoms. The second-order valence-corrected chi connectivity index (χ2v) is 7.46. The summed E-state index contributed by atoms with van der Waals surface area (Å²) in [6, 6.07) is 5.57. The van der Waals surface area contributed by atoms with Crippen molar-refractivity contribution < 1.29 is 18.8 Å². The summed E-state index contributed by atoms with van der Waals surface area (Å²) >= 11 is 0. The number of hydrogen-bond donors (Lipinski definition) is 1. The zero-order chi connectivity index (χ0) is 15.5. The lowest BCUT2D eigenvalue weighted by Crippen LogP contribution is -2.35. The van der Waals surface area contributed by atoms with Crippen molar-refractivity contribution in [3.05, 3.63) is 29.3 Å². The topological polar surface area (TPSA) is 55.8 Å². The third-order valence-corrected chi connectivity index (χ3v) is 4.90. The molecule has 0 saturated heterocycles. The van der Waals surface area contributed by atoms with Gasteiger partial charge in [0.05, 0.1) is 18.5 Å². The van der Waals surface area contributed by atoms with Crippen LogP contribution in [0.3, 0.4) is 0 Å². The van der Waals surface area contributed by atoms with Crippen LogP contribution < -0.4 is 4.74 Å². The van der Waals surface area contributed by atoms with Crippen molar-refractivity contribution in [3.63, 3.8) is 0 Å². The van der Waals surface area contributed by atoms with Crippen LogP contribution in [0.5, 0.6) is 5.75 Å². The lowest BCUT2D eigenvalue weighted by atomic mass is 10.1. The van der Waals surface area contributed by atoms with Gasteiger partial charge >= 0.3 is 0 Å². The molecule has 0 saturated carbocycles. The van der Waals surface area contributed by atoms with Crippen LogP contribution >= 0.6 is 0 Å². The molecule has 0 spiro atoms. The van der Waals surface area contributed by atoms with E-state index in [0.29, 0.717) is 12.4 Å². The van der Waals surface area contributed by atoms with E-state index in [0.717, 1.165) is 29.7 Å². The Hall–Kier alpha value is -0.910. The number of aliphatic hydroxyl groups excluding tert-OH is 1. The van der Waals surface area contributed by atoms with Gasteiger partial charge in [0.25, 0.3) is 0 Å². The molecule has 0 radical (unpaired) electrons. The third kappa shape index (κ3) is 4.53. The highest BCUT2D eigenvalue weighted by Crippen LogP contribution is 2.33. The summed E-state index contributed by atoms with van der Waals surface area (Å²) in [4.78, 5) is 0. The van der Waals surface area contributed by atoms with E-state index in [1.165, 1.54) is 0 Å². The minimum absolute atomic E-state index is 0.284. The molecule has 5 heteroatoms. The predicted molar refractivity (Wildman–Crippen MR) is 83.7 cm³/mol. The highest BCUT2D eigenvalue weighted by Gasteiger charge is 2.27. The summed E-state index contributed by atoms with van der Waals surface area (Å²) in [6.45, 7) is 6.27. The summed E-state index contributed by atoms with van der Waals surface area (Å²) in [5.41, 5.74) is 1.69. The maximum absolute atomic E-state index is 11.9. The smallest absolute Gasteiger partial charge is 0.205 e. The maximum Gasteiger partial charge on any atom is 0.205 e. The molecule has 0 aromatic heterocycles. The SMILES string of the molecule is CCCC[S@@](=O)C[C@H](O)c1ccc2c(c1)COC(C)(C)O2. The van der Waals surface area contributed by atoms with Gasteiger partial charge in [0.2, 0.25) is 5.79 Å². The Morgan fingerprint density at radius 2 is 2.19 bits per heavy atom. The normalized spacial score (nSPS) is 19.4. The van der Waals surface area contributed by atoms with Crippen LogP contribution in [0.15, 0.2) is 18.2 Å². The van der Waals surface area contributed by atoms with Crippen LogP contribution in [0.1, 0.15) is 50.8 Å². The number of unbranched alkanes of at least 4 members (excludes halogenated alkanes) is 1. The van der Waals surface area contributed by atoms with Crippen molar-refractivity contribution >= 4 is 10.8 Å². The molecule has 0 amide bonds. The largest absolute Gasteiger partial charge is 0.463 e. The van der Waals surface area contributed by atoms with Gasteiger partial charge in [-0.05, 0) is 24.1 Å². The van der Waals surface area contributed by atoms with E-state index in [-0.39, 0.29) is 5.75 Å². The van der Waals surface area contributed by atoms with E-state index < -0.39 is 22.7 Å². The fourth-order valence-electron chi connectivity index (χ4n) is 2.23. The summed E-state index contributed by atoms with van der Waals surface area (Å²) < 4.78 is 23.2. The molecule has 2 rings (SSSR count). The van der Waals surface area contributed by atoms with Gasteiger partial charge < -0.3 is 14.6 Å². The first-order chi connectivity index (χ1) is 9.91. The Morgan fingerprint density at radius 1 is 1.43 bits per heavy atom. The van der Waals surface area contributed by atoms with Gasteiger partial charge in [-0.1, -0.05) is 19.4 Å². The second kappa shape index (κ2) is 6.90. The molecule has 2 atom stereocenters. The molecule has 0 unspecified atom stereocenters. The molecule has 0 aliphatic carbocycles. The van der Waals surface area contributed by atoms with Gasteiger partial charge in [0.15, 0.2) is 0 Å². The van der Waals surface area contributed by atoms with E-state index in [1.807, 2.05) is 32.0 Å². The van der Waals surface area contributed by atoms with Crippen LogP contribution in [-0.4, -0.2) is 26.6 Å². The molecule has 0 bridgehead atoms. The van der Waals surface area contributed by atoms with Gasteiger partial charge in [0, 0.05) is 36.0 Å². The van der Waals surface area contributed by atoms with Crippen molar-refractivity contribution in [2.45, 2.75) is 52.1 Å². The van der Waals surface area contributed by atoms with E-state index in [2.05, 4.69) is 6.92 Å². The summed E-state index contributed by atoms with van der Waals surface area (Å²) in [5, 5.41) is 10.2. The van der Waals surface area contributed by atoms with Crippen molar-refractivity contribution in [2.24, 2.45) is 0 Å². The maximum atomic E-state index is 11.9. The van der Waals surface area contributed by atoms with Gasteiger partial charge in [-0.25, -0.2) is 0 Å². The van der Waals surface area contributed by atoms with Gasteiger partial charge in [-0.2, -0.15) is 0 Å². The first-order valence-electron chi connectivity index (χ1n) is 7.40. The average molecular weight is 312 g/mol. The minimum Gasteiger partial charge on any atom is -0.463 e. The lowest BCUT2D eigenvalue weighted by Gasteiger charge is -2.32. The zero-order valence-electron chi connectivity index (χ0n) is 12.9. The molecule has 1 aromatic rings. The number of aliphatic hydroxyl groups is 1. The van der Waals surface area contributed by atoms with Crippen molar-refractivity contribution in [1.29, 1.82) is 0 Å². The van der Waals surface area contributed by atoms with Crippen molar-refractivity contribution in [2.75, 3.05) is 11.5 Å². The molecular formula is C16H24O4S. The summed E-state index contributed by atoms with van der Waals surface area (Å²) in [7, 11) is -0.977. The minimum atomic E-state index is -0.977. The number of hydrogen-bond acceptors (Lipinski definition) is 4. The fourth-order valence-corrected chi connectivity index (χ4v) is 3.55. The van der Waals surface area contributed by atoms with Crippen molar-refractivity contribution in [3.8, 4) is 5.75 Å². The van der Waals surface area contributed by atoms with E-state index in [9.17, 15) is 9.32 Å². The average Bonchev–Trinajstić information content (AvgIpc) is 2.43. The molecule has 1 heterocycles. The fraction of sp³-hybridized carbons (Fsp3) is 0.625. The van der Waals surface area contributed by atoms with Crippen LogP contribution in [0, 0.1) is 0 Å². The Kier molecular flexibility index (Phi) is 5.41. The molecular weight excluding hydrogens is 288 g/mol. The summed E-state index contributed by atoms with van der Waals surface area (Å²) in [6.07, 6.45) is 1.24. The molecule has 1 N–H and O–H groups in total. The van der Waals surface area contributed by atoms with Gasteiger partial charge in [-0.15, -0.1) is 0 Å². The van der Waals surface area contributed by atoms with Crippen LogP contribution in [-0.2, 0) is 22.1 Å². The van der Waals surface area contributed by atoms with E-state index in [4.69, 9.17) is 9.47 Å². The van der Waals surface area contributed by atoms with E-state index in [1.54, 1.807) is 0 Å². The lowest BCUT2D eigenvalue weighted by molar-refractivity contribution is -0.180. The molecule has 4 nitrogen and oxygen atoms in total. The first-order valence-corrected chi connectivity index (χ1v) is 8.89. The number of ether oxygens (including phenoxy) is 2. The Balaban J connectivity index is 2.03. The number of fused-ring (bicyclic) bond motifs is 1. The second-order valence-electron chi connectivity index (χ2n) is 5.84. The molecule has 1 aliphatic rings. The van der Waals surface area contributed by atoms with Crippen LogP contribution in [0.4, 0.5) is 0 Å². The standard InChI is InChI=1S/C16H24O4S/c1-4-5-8-21(18)11-14(17)12-6-7-15-13(9-12)10-19-16(2,3)20-15/h6-7,9,14,17H,4-5,8,10-11H2,1-3H3/t14-,21+/m0/s1. The highest BCUT2D eigenvalue weighted by molar-refractivity contribution is 7.85. The Morgan fingerprint density at radius 3 is 2.90 bits per heavy atom. The zero-order valence-corrected chi connectivity index (χ0v) is 13.7. The molecule has 1 aliphatic heterocycles. The third-order valence-electron chi connectivity index (χ3n) is 3.47. The highest BCUT2D eigenvalue weighted by atomic mass is 32.2. The number of benzene rings is 1. The van der Waals surface area contributed by atoms with Gasteiger partial charge in [-0.3, -0.25) is 4.21 Å². The Labute approximate surface area is 128 Å². The van der Waals surface area contributed by atoms with Crippen LogP contribution in [0.2, 0.25) is 0 Å². The molecule has 1 aromatic carbocycles. The quantitative estimate of drug-likeness (QED) is 0.877. The molecule has 0 fully saturated rings. The molecule has 118 valence electrons. The number of rotatable bonds is 6. The summed E-state index contributed by atoms with van der Waals surface area (Å²) in [5.74, 6) is 1.11. The Bertz CT molecular complexity index is 513. The monoisotopic (exact) mass is 312 g/mol. The van der Waals surface area contributed by atoms with E-state index >= 15 is 0 Å².